The minimum absolute atomic E-state index is 0.788. The zero-order chi connectivity index (χ0) is 11.4. The molecule has 86 valence electrons. The highest BCUT2D eigenvalue weighted by molar-refractivity contribution is 5.58. The lowest BCUT2D eigenvalue weighted by atomic mass is 10.1. The molecule has 1 fully saturated rings. The molecule has 1 aliphatic rings. The number of allylic oxidation sites excluding steroid dienone is 1. The number of ether oxygens (including phenoxy) is 2. The Morgan fingerprint density at radius 2 is 1.69 bits per heavy atom. The lowest BCUT2D eigenvalue weighted by molar-refractivity contribution is 0.355. The maximum Gasteiger partial charge on any atom is 0.161 e. The van der Waals surface area contributed by atoms with Crippen LogP contribution in [0.1, 0.15) is 31.2 Å². The van der Waals surface area contributed by atoms with Crippen molar-refractivity contribution in [2.45, 2.75) is 25.7 Å². The fourth-order valence-electron chi connectivity index (χ4n) is 2.15. The average molecular weight is 218 g/mol. The summed E-state index contributed by atoms with van der Waals surface area (Å²) in [7, 11) is 3.33. The van der Waals surface area contributed by atoms with Crippen LogP contribution in [0.15, 0.2) is 23.8 Å². The molecule has 2 rings (SSSR count). The summed E-state index contributed by atoms with van der Waals surface area (Å²) in [6, 6.07) is 6.07. The Morgan fingerprint density at radius 3 is 2.31 bits per heavy atom. The van der Waals surface area contributed by atoms with Crippen LogP contribution in [0.3, 0.4) is 0 Å². The van der Waals surface area contributed by atoms with Crippen LogP contribution < -0.4 is 9.47 Å². The van der Waals surface area contributed by atoms with E-state index in [-0.39, 0.29) is 0 Å². The van der Waals surface area contributed by atoms with Crippen molar-refractivity contribution < 1.29 is 9.47 Å². The van der Waals surface area contributed by atoms with E-state index < -0.39 is 0 Å². The molecule has 1 aromatic carbocycles. The summed E-state index contributed by atoms with van der Waals surface area (Å²) < 4.78 is 10.5. The van der Waals surface area contributed by atoms with Crippen molar-refractivity contribution in [1.82, 2.24) is 0 Å². The van der Waals surface area contributed by atoms with Crippen molar-refractivity contribution in [2.24, 2.45) is 0 Å². The van der Waals surface area contributed by atoms with Gasteiger partial charge in [0.1, 0.15) is 0 Å². The van der Waals surface area contributed by atoms with Crippen LogP contribution >= 0.6 is 0 Å². The fraction of sp³-hybridized carbons (Fsp3) is 0.429. The Hall–Kier alpha value is -1.44. The van der Waals surface area contributed by atoms with Crippen molar-refractivity contribution in [3.63, 3.8) is 0 Å². The van der Waals surface area contributed by atoms with Gasteiger partial charge in [-0.25, -0.2) is 0 Å². The van der Waals surface area contributed by atoms with Crippen LogP contribution in [0, 0.1) is 0 Å². The van der Waals surface area contributed by atoms with Gasteiger partial charge in [0.2, 0.25) is 0 Å². The molecule has 2 heteroatoms. The van der Waals surface area contributed by atoms with Gasteiger partial charge in [0.25, 0.3) is 0 Å². The highest BCUT2D eigenvalue weighted by atomic mass is 16.5. The number of hydrogen-bond acceptors (Lipinski definition) is 2. The molecule has 2 nitrogen and oxygen atoms in total. The normalized spacial score (nSPS) is 15.0. The summed E-state index contributed by atoms with van der Waals surface area (Å²) in [6.45, 7) is 0. The molecular formula is C14H18O2. The molecule has 0 N–H and O–H groups in total. The van der Waals surface area contributed by atoms with Gasteiger partial charge in [-0.05, 0) is 43.4 Å². The van der Waals surface area contributed by atoms with Gasteiger partial charge in [-0.3, -0.25) is 0 Å². The average Bonchev–Trinajstić information content (AvgIpc) is 2.81. The summed E-state index contributed by atoms with van der Waals surface area (Å²) in [5.74, 6) is 1.59. The van der Waals surface area contributed by atoms with Gasteiger partial charge in [0.05, 0.1) is 14.2 Å². The molecule has 0 unspecified atom stereocenters. The second-order valence-corrected chi connectivity index (χ2v) is 4.12. The topological polar surface area (TPSA) is 18.5 Å². The fourth-order valence-corrected chi connectivity index (χ4v) is 2.15. The number of hydrogen-bond donors (Lipinski definition) is 0. The molecule has 0 radical (unpaired) electrons. The van der Waals surface area contributed by atoms with Crippen LogP contribution in [-0.4, -0.2) is 14.2 Å². The van der Waals surface area contributed by atoms with Crippen molar-refractivity contribution >= 4 is 6.08 Å². The summed E-state index contributed by atoms with van der Waals surface area (Å²) >= 11 is 0. The molecule has 0 amide bonds. The van der Waals surface area contributed by atoms with E-state index in [4.69, 9.17) is 9.47 Å². The van der Waals surface area contributed by atoms with Crippen LogP contribution in [0.25, 0.3) is 6.08 Å². The lowest BCUT2D eigenvalue weighted by Gasteiger charge is -2.08. The lowest BCUT2D eigenvalue weighted by Crippen LogP contribution is -1.90. The van der Waals surface area contributed by atoms with E-state index >= 15 is 0 Å². The molecule has 16 heavy (non-hydrogen) atoms. The van der Waals surface area contributed by atoms with Crippen molar-refractivity contribution in [3.05, 3.63) is 29.3 Å². The largest absolute Gasteiger partial charge is 0.493 e. The summed E-state index contributed by atoms with van der Waals surface area (Å²) in [5, 5.41) is 0. The second-order valence-electron chi connectivity index (χ2n) is 4.12. The van der Waals surface area contributed by atoms with Crippen LogP contribution in [0.4, 0.5) is 0 Å². The van der Waals surface area contributed by atoms with E-state index in [0.717, 1.165) is 11.5 Å². The van der Waals surface area contributed by atoms with Crippen molar-refractivity contribution in [2.75, 3.05) is 14.2 Å². The maximum atomic E-state index is 5.29. The molecule has 1 saturated carbocycles. The first-order valence-electron chi connectivity index (χ1n) is 5.75. The minimum Gasteiger partial charge on any atom is -0.493 e. The first-order chi connectivity index (χ1) is 7.83. The van der Waals surface area contributed by atoms with E-state index in [1.165, 1.54) is 31.2 Å². The Balaban J connectivity index is 2.25. The molecule has 1 aliphatic carbocycles. The summed E-state index contributed by atoms with van der Waals surface area (Å²) in [5.41, 5.74) is 2.75. The van der Waals surface area contributed by atoms with Gasteiger partial charge < -0.3 is 9.47 Å². The molecule has 0 aromatic heterocycles. The van der Waals surface area contributed by atoms with Crippen LogP contribution in [-0.2, 0) is 0 Å². The Kier molecular flexibility index (Phi) is 3.50. The molecule has 0 aliphatic heterocycles. The molecule has 0 saturated heterocycles. The highest BCUT2D eigenvalue weighted by Gasteiger charge is 2.08. The third-order valence-electron chi connectivity index (χ3n) is 3.02. The predicted octanol–water partition coefficient (Wildman–Crippen LogP) is 3.66. The summed E-state index contributed by atoms with van der Waals surface area (Å²) in [6.07, 6.45) is 7.43. The monoisotopic (exact) mass is 218 g/mol. The van der Waals surface area contributed by atoms with Crippen molar-refractivity contribution in [3.8, 4) is 11.5 Å². The zero-order valence-electron chi connectivity index (χ0n) is 9.95. The maximum absolute atomic E-state index is 5.29. The van der Waals surface area contributed by atoms with Gasteiger partial charge in [-0.1, -0.05) is 17.7 Å². The van der Waals surface area contributed by atoms with Gasteiger partial charge in [0.15, 0.2) is 11.5 Å². The molecule has 0 atom stereocenters. The second kappa shape index (κ2) is 5.06. The van der Waals surface area contributed by atoms with E-state index in [1.807, 2.05) is 12.1 Å². The third kappa shape index (κ3) is 2.38. The SMILES string of the molecule is COc1ccc(C=C2CCCC2)cc1OC. The van der Waals surface area contributed by atoms with Gasteiger partial charge in [0, 0.05) is 0 Å². The van der Waals surface area contributed by atoms with Crippen molar-refractivity contribution in [1.29, 1.82) is 0 Å². The number of rotatable bonds is 3. The van der Waals surface area contributed by atoms with Crippen LogP contribution in [0.5, 0.6) is 11.5 Å². The first-order valence-corrected chi connectivity index (χ1v) is 5.75. The molecule has 0 bridgehead atoms. The Bertz CT molecular complexity index is 386. The number of methoxy groups -OCH3 is 2. The molecule has 0 spiro atoms. The molecular weight excluding hydrogens is 200 g/mol. The van der Waals surface area contributed by atoms with Crippen LogP contribution in [0.2, 0.25) is 0 Å². The highest BCUT2D eigenvalue weighted by Crippen LogP contribution is 2.31. The van der Waals surface area contributed by atoms with Gasteiger partial charge in [-0.2, -0.15) is 0 Å². The Labute approximate surface area is 96.9 Å². The van der Waals surface area contributed by atoms with E-state index in [9.17, 15) is 0 Å². The van der Waals surface area contributed by atoms with E-state index in [2.05, 4.69) is 12.1 Å². The summed E-state index contributed by atoms with van der Waals surface area (Å²) in [4.78, 5) is 0. The first kappa shape index (κ1) is 11.1. The quantitative estimate of drug-likeness (QED) is 0.770. The minimum atomic E-state index is 0.788. The molecule has 1 aromatic rings. The molecule has 0 heterocycles. The van der Waals surface area contributed by atoms with Gasteiger partial charge >= 0.3 is 0 Å². The van der Waals surface area contributed by atoms with Gasteiger partial charge in [-0.15, -0.1) is 0 Å². The standard InChI is InChI=1S/C14H18O2/c1-15-13-8-7-12(10-14(13)16-2)9-11-5-3-4-6-11/h7-10H,3-6H2,1-2H3. The van der Waals surface area contributed by atoms with E-state index in [0.29, 0.717) is 0 Å². The predicted molar refractivity (Wildman–Crippen MR) is 66.0 cm³/mol. The Morgan fingerprint density at radius 1 is 1.00 bits per heavy atom. The smallest absolute Gasteiger partial charge is 0.161 e. The van der Waals surface area contributed by atoms with E-state index in [1.54, 1.807) is 19.8 Å². The zero-order valence-corrected chi connectivity index (χ0v) is 9.95. The number of benzene rings is 1. The third-order valence-corrected chi connectivity index (χ3v) is 3.02.